The number of benzene rings is 1. The third-order valence-corrected chi connectivity index (χ3v) is 6.52. The number of amides is 1. The molecule has 2 saturated heterocycles. The molecule has 2 aliphatic rings. The molecule has 0 bridgehead atoms. The number of likely N-dealkylation sites (tertiary alicyclic amines) is 1. The second-order valence-corrected chi connectivity index (χ2v) is 9.15. The molecule has 0 atom stereocenters. The highest BCUT2D eigenvalue weighted by molar-refractivity contribution is 6.31. The van der Waals surface area contributed by atoms with Crippen LogP contribution in [0.3, 0.4) is 0 Å². The molecule has 0 unspecified atom stereocenters. The lowest BCUT2D eigenvalue weighted by Crippen LogP contribution is -2.30. The molecule has 9 heteroatoms. The molecule has 35 heavy (non-hydrogen) atoms. The Morgan fingerprint density at radius 2 is 1.83 bits per heavy atom. The van der Waals surface area contributed by atoms with Crippen LogP contribution in [0.15, 0.2) is 49.3 Å². The number of nitrogens with two attached hydrogens (primary N) is 1. The highest BCUT2D eigenvalue weighted by Crippen LogP contribution is 2.35. The lowest BCUT2D eigenvalue weighted by Gasteiger charge is -2.29. The molecule has 8 nitrogen and oxygen atoms in total. The van der Waals surface area contributed by atoms with Crippen LogP contribution in [0.5, 0.6) is 0 Å². The first-order valence-corrected chi connectivity index (χ1v) is 12.1. The number of nitrogen functional groups attached to an aromatic ring is 1. The van der Waals surface area contributed by atoms with E-state index in [2.05, 4.69) is 56.9 Å². The SMILES string of the molecule is C=CC(=O)Nc1ccc2c(N3CCCC3)nc(C3CCN(C)CC3)cc2c1.[B]c1cnc(N)nc1. The highest BCUT2D eigenvalue weighted by atomic mass is 16.1. The highest BCUT2D eigenvalue weighted by Gasteiger charge is 2.23. The minimum Gasteiger partial charge on any atom is -0.368 e. The van der Waals surface area contributed by atoms with Crippen LogP contribution in [-0.4, -0.2) is 66.8 Å². The maximum absolute atomic E-state index is 11.7. The average molecular weight is 469 g/mol. The lowest BCUT2D eigenvalue weighted by atomic mass is 9.92. The van der Waals surface area contributed by atoms with E-state index in [-0.39, 0.29) is 11.9 Å². The largest absolute Gasteiger partial charge is 0.368 e. The van der Waals surface area contributed by atoms with E-state index in [0.717, 1.165) is 55.9 Å². The Bertz CT molecular complexity index is 1150. The molecule has 2 aliphatic heterocycles. The van der Waals surface area contributed by atoms with Crippen molar-refractivity contribution < 1.29 is 4.79 Å². The second kappa shape index (κ2) is 11.3. The zero-order valence-corrected chi connectivity index (χ0v) is 20.3. The number of pyridine rings is 1. The van der Waals surface area contributed by atoms with E-state index < -0.39 is 0 Å². The molecular formula is C26H32BN7O. The standard InChI is InChI=1S/C22H28N4O.C4H4BN3/c1-3-21(27)23-18-6-7-19-17(14-18)15-20(16-8-12-25(2)13-9-16)24-22(19)26-10-4-5-11-26;5-3-1-7-4(6)8-2-3/h3,6-7,14-16H,1,4-5,8-13H2,2H3,(H,23,27);1-2H,(H2,6,7,8). The molecule has 180 valence electrons. The van der Waals surface area contributed by atoms with Gasteiger partial charge in [0, 0.05) is 48.2 Å². The fourth-order valence-electron chi connectivity index (χ4n) is 4.56. The van der Waals surface area contributed by atoms with E-state index in [0.29, 0.717) is 11.4 Å². The van der Waals surface area contributed by atoms with Gasteiger partial charge < -0.3 is 20.9 Å². The maximum Gasteiger partial charge on any atom is 0.247 e. The van der Waals surface area contributed by atoms with Gasteiger partial charge in [-0.15, -0.1) is 0 Å². The molecule has 2 aromatic heterocycles. The molecule has 2 fully saturated rings. The lowest BCUT2D eigenvalue weighted by molar-refractivity contribution is -0.111. The van der Waals surface area contributed by atoms with Gasteiger partial charge in [0.25, 0.3) is 0 Å². The maximum atomic E-state index is 11.7. The van der Waals surface area contributed by atoms with Gasteiger partial charge in [-0.3, -0.25) is 4.79 Å². The van der Waals surface area contributed by atoms with Crippen molar-refractivity contribution in [3.63, 3.8) is 0 Å². The summed E-state index contributed by atoms with van der Waals surface area (Å²) >= 11 is 0. The van der Waals surface area contributed by atoms with Crippen LogP contribution in [0, 0.1) is 0 Å². The first-order valence-electron chi connectivity index (χ1n) is 12.1. The van der Waals surface area contributed by atoms with Crippen molar-refractivity contribution in [1.29, 1.82) is 0 Å². The number of aromatic nitrogens is 3. The van der Waals surface area contributed by atoms with Gasteiger partial charge >= 0.3 is 0 Å². The second-order valence-electron chi connectivity index (χ2n) is 9.15. The van der Waals surface area contributed by atoms with Crippen LogP contribution in [-0.2, 0) is 4.79 Å². The molecule has 5 rings (SSSR count). The molecule has 3 aromatic rings. The van der Waals surface area contributed by atoms with Gasteiger partial charge in [-0.1, -0.05) is 12.0 Å². The number of nitrogens with one attached hydrogen (secondary N) is 1. The third kappa shape index (κ3) is 6.36. The van der Waals surface area contributed by atoms with Crippen molar-refractivity contribution >= 4 is 47.4 Å². The van der Waals surface area contributed by atoms with E-state index >= 15 is 0 Å². The summed E-state index contributed by atoms with van der Waals surface area (Å²) in [4.78, 5) is 28.9. The van der Waals surface area contributed by atoms with Crippen LogP contribution in [0.1, 0.15) is 37.3 Å². The Morgan fingerprint density at radius 1 is 1.14 bits per heavy atom. The van der Waals surface area contributed by atoms with Crippen LogP contribution >= 0.6 is 0 Å². The van der Waals surface area contributed by atoms with E-state index in [1.807, 2.05) is 6.07 Å². The van der Waals surface area contributed by atoms with Crippen molar-refractivity contribution in [1.82, 2.24) is 19.9 Å². The summed E-state index contributed by atoms with van der Waals surface area (Å²) in [5, 5.41) is 5.21. The smallest absolute Gasteiger partial charge is 0.247 e. The van der Waals surface area contributed by atoms with Crippen molar-refractivity contribution in [2.75, 3.05) is 49.2 Å². The van der Waals surface area contributed by atoms with E-state index in [1.165, 1.54) is 42.4 Å². The molecule has 0 saturated carbocycles. The molecule has 2 radical (unpaired) electrons. The quantitative estimate of drug-likeness (QED) is 0.448. The number of hydrogen-bond acceptors (Lipinski definition) is 7. The van der Waals surface area contributed by atoms with E-state index in [1.54, 1.807) is 0 Å². The number of hydrogen-bond donors (Lipinski definition) is 2. The minimum absolute atomic E-state index is 0.182. The monoisotopic (exact) mass is 469 g/mol. The van der Waals surface area contributed by atoms with Crippen molar-refractivity contribution in [2.45, 2.75) is 31.6 Å². The molecule has 1 aromatic carbocycles. The summed E-state index contributed by atoms with van der Waals surface area (Å²) in [6.45, 7) is 7.94. The molecule has 3 N–H and O–H groups in total. The number of rotatable bonds is 4. The van der Waals surface area contributed by atoms with E-state index in [4.69, 9.17) is 18.6 Å². The third-order valence-electron chi connectivity index (χ3n) is 6.52. The van der Waals surface area contributed by atoms with Gasteiger partial charge in [-0.05, 0) is 81.5 Å². The molecule has 0 spiro atoms. The Kier molecular flexibility index (Phi) is 7.97. The molecule has 0 aliphatic carbocycles. The number of nitrogens with zero attached hydrogens (tertiary/aromatic N) is 5. The Labute approximate surface area is 208 Å². The number of fused-ring (bicyclic) bond motifs is 1. The molecular weight excluding hydrogens is 437 g/mol. The number of carbonyl (C=O) groups is 1. The Morgan fingerprint density at radius 3 is 2.46 bits per heavy atom. The average Bonchev–Trinajstić information content (AvgIpc) is 3.41. The zero-order valence-electron chi connectivity index (χ0n) is 20.3. The van der Waals surface area contributed by atoms with Gasteiger partial charge in [-0.2, -0.15) is 0 Å². The molecule has 1 amide bonds. The van der Waals surface area contributed by atoms with E-state index in [9.17, 15) is 4.79 Å². The summed E-state index contributed by atoms with van der Waals surface area (Å²) < 4.78 is 0. The summed E-state index contributed by atoms with van der Waals surface area (Å²) in [5.74, 6) is 1.69. The van der Waals surface area contributed by atoms with Gasteiger partial charge in [-0.25, -0.2) is 15.0 Å². The zero-order chi connectivity index (χ0) is 24.8. The van der Waals surface area contributed by atoms with Gasteiger partial charge in [0.2, 0.25) is 11.9 Å². The summed E-state index contributed by atoms with van der Waals surface area (Å²) in [6.07, 6.45) is 8.99. The number of carbonyl (C=O) groups excluding carboxylic acids is 1. The van der Waals surface area contributed by atoms with Gasteiger partial charge in [0.15, 0.2) is 0 Å². The fourth-order valence-corrected chi connectivity index (χ4v) is 4.56. The number of anilines is 3. The predicted molar refractivity (Wildman–Crippen MR) is 143 cm³/mol. The van der Waals surface area contributed by atoms with Crippen molar-refractivity contribution in [3.05, 3.63) is 55.0 Å². The predicted octanol–water partition coefficient (Wildman–Crippen LogP) is 2.62. The summed E-state index contributed by atoms with van der Waals surface area (Å²) in [5.41, 5.74) is 7.68. The van der Waals surface area contributed by atoms with Crippen LogP contribution in [0.2, 0.25) is 0 Å². The number of piperidine rings is 1. The first-order chi connectivity index (χ1) is 16.9. The Hall–Kier alpha value is -3.46. The van der Waals surface area contributed by atoms with Crippen LogP contribution < -0.4 is 21.4 Å². The fraction of sp³-hybridized carbons (Fsp3) is 0.385. The summed E-state index contributed by atoms with van der Waals surface area (Å²) in [7, 11) is 7.43. The van der Waals surface area contributed by atoms with Crippen molar-refractivity contribution in [2.24, 2.45) is 0 Å². The normalized spacial score (nSPS) is 16.5. The van der Waals surface area contributed by atoms with Gasteiger partial charge in [0.1, 0.15) is 13.7 Å². The van der Waals surface area contributed by atoms with Crippen LogP contribution in [0.25, 0.3) is 10.8 Å². The van der Waals surface area contributed by atoms with Gasteiger partial charge in [0.05, 0.1) is 0 Å². The summed E-state index contributed by atoms with van der Waals surface area (Å²) in [6, 6.07) is 8.35. The molecule has 4 heterocycles. The van der Waals surface area contributed by atoms with Crippen LogP contribution in [0.4, 0.5) is 17.5 Å². The Balaban J connectivity index is 0.000000308. The minimum atomic E-state index is -0.182. The van der Waals surface area contributed by atoms with Crippen molar-refractivity contribution in [3.8, 4) is 0 Å². The first kappa shape index (κ1) is 24.7. The topological polar surface area (TPSA) is 100 Å².